The molecule has 5 nitrogen and oxygen atoms in total. The molecule has 0 atom stereocenters. The highest BCUT2D eigenvalue weighted by atomic mass is 79.9. The van der Waals surface area contributed by atoms with Crippen molar-refractivity contribution < 1.29 is 9.32 Å². The van der Waals surface area contributed by atoms with Crippen LogP contribution in [0.2, 0.25) is 0 Å². The number of nitrogens with one attached hydrogen (secondary N) is 1. The van der Waals surface area contributed by atoms with Gasteiger partial charge in [0.2, 0.25) is 0 Å². The lowest BCUT2D eigenvalue weighted by Gasteiger charge is -2.11. The highest BCUT2D eigenvalue weighted by Gasteiger charge is 2.25. The van der Waals surface area contributed by atoms with E-state index in [1.807, 2.05) is 51.1 Å². The summed E-state index contributed by atoms with van der Waals surface area (Å²) in [5, 5.41) is 7.18. The van der Waals surface area contributed by atoms with Crippen LogP contribution in [0, 0.1) is 0 Å². The highest BCUT2D eigenvalue weighted by Crippen LogP contribution is 2.30. The van der Waals surface area contributed by atoms with Gasteiger partial charge in [-0.2, -0.15) is 0 Å². The summed E-state index contributed by atoms with van der Waals surface area (Å²) < 4.78 is 6.30. The maximum atomic E-state index is 12.1. The first-order valence-corrected chi connectivity index (χ1v) is 8.94. The first-order chi connectivity index (χ1) is 11.3. The molecule has 1 aliphatic heterocycles. The number of hydrogen-bond donors (Lipinski definition) is 1. The van der Waals surface area contributed by atoms with Crippen molar-refractivity contribution in [1.29, 1.82) is 0 Å². The average Bonchev–Trinajstić information content (AvgIpc) is 3.09. The van der Waals surface area contributed by atoms with Crippen molar-refractivity contribution in [3.05, 3.63) is 51.0 Å². The molecule has 1 aromatic heterocycles. The number of carbonyl (C=O) groups excluding carboxylic acids is 1. The van der Waals surface area contributed by atoms with Crippen molar-refractivity contribution in [2.24, 2.45) is 4.99 Å². The summed E-state index contributed by atoms with van der Waals surface area (Å²) >= 11 is 4.68. The second-order valence-electron chi connectivity index (χ2n) is 6.33. The normalized spacial score (nSPS) is 18.4. The summed E-state index contributed by atoms with van der Waals surface area (Å²) in [6, 6.07) is 9.53. The van der Waals surface area contributed by atoms with Crippen LogP contribution in [0.25, 0.3) is 6.08 Å². The number of aliphatic imine (C=N–C) groups is 1. The predicted octanol–water partition coefficient (Wildman–Crippen LogP) is 4.63. The number of aromatic nitrogens is 1. The molecule has 0 radical (unpaired) electrons. The minimum atomic E-state index is -0.166. The molecule has 24 heavy (non-hydrogen) atoms. The summed E-state index contributed by atoms with van der Waals surface area (Å²) in [6.45, 7) is 6.11. The molecule has 1 fully saturated rings. The molecule has 0 saturated carbocycles. The lowest BCUT2D eigenvalue weighted by atomic mass is 9.93. The van der Waals surface area contributed by atoms with Gasteiger partial charge in [-0.25, -0.2) is 4.99 Å². The van der Waals surface area contributed by atoms with Gasteiger partial charge < -0.3 is 9.84 Å². The number of halogens is 1. The zero-order chi connectivity index (χ0) is 17.3. The maximum absolute atomic E-state index is 12.1. The third-order valence-corrected chi connectivity index (χ3v) is 4.71. The second kappa shape index (κ2) is 6.57. The van der Waals surface area contributed by atoms with E-state index in [1.54, 1.807) is 6.07 Å². The maximum Gasteiger partial charge on any atom is 0.264 e. The monoisotopic (exact) mass is 405 g/mol. The van der Waals surface area contributed by atoms with Gasteiger partial charge in [0, 0.05) is 16.0 Å². The van der Waals surface area contributed by atoms with Gasteiger partial charge >= 0.3 is 0 Å². The molecule has 0 spiro atoms. The number of rotatable bonds is 2. The third-order valence-electron chi connectivity index (χ3n) is 3.27. The van der Waals surface area contributed by atoms with Gasteiger partial charge in [-0.1, -0.05) is 54.0 Å². The van der Waals surface area contributed by atoms with E-state index in [4.69, 9.17) is 4.52 Å². The SMILES string of the molecule is CC(C)(C)c1cc(N=C2NC(=O)/C(=C\c3ccc(Br)cc3)S2)no1. The Morgan fingerprint density at radius 2 is 2.00 bits per heavy atom. The van der Waals surface area contributed by atoms with Gasteiger partial charge in [0.25, 0.3) is 5.91 Å². The Hall–Kier alpha value is -1.86. The molecule has 0 aliphatic carbocycles. The fourth-order valence-corrected chi connectivity index (χ4v) is 3.06. The van der Waals surface area contributed by atoms with Crippen LogP contribution < -0.4 is 5.32 Å². The standard InChI is InChI=1S/C17H16BrN3O2S/c1-17(2,3)13-9-14(21-23-13)19-16-20-15(22)12(24-16)8-10-4-6-11(18)7-5-10/h4-9H,1-3H3,(H,19,20,21,22)/b12-8+. The van der Waals surface area contributed by atoms with Crippen molar-refractivity contribution in [1.82, 2.24) is 10.5 Å². The summed E-state index contributed by atoms with van der Waals surface area (Å²) in [5.41, 5.74) is 0.818. The Kier molecular flexibility index (Phi) is 4.64. The number of carbonyl (C=O) groups is 1. The molecular weight excluding hydrogens is 390 g/mol. The van der Waals surface area contributed by atoms with Crippen LogP contribution in [0.15, 0.2) is 49.2 Å². The summed E-state index contributed by atoms with van der Waals surface area (Å²) in [5.74, 6) is 1.04. The number of hydrogen-bond acceptors (Lipinski definition) is 5. The largest absolute Gasteiger partial charge is 0.359 e. The molecule has 1 N–H and O–H groups in total. The Bertz CT molecular complexity index is 832. The molecule has 2 aromatic rings. The molecule has 1 saturated heterocycles. The molecule has 0 bridgehead atoms. The lowest BCUT2D eigenvalue weighted by Crippen LogP contribution is -2.19. The second-order valence-corrected chi connectivity index (χ2v) is 8.28. The third kappa shape index (κ3) is 3.96. The van der Waals surface area contributed by atoms with Crippen molar-refractivity contribution in [3.63, 3.8) is 0 Å². The van der Waals surface area contributed by atoms with E-state index >= 15 is 0 Å². The predicted molar refractivity (Wildman–Crippen MR) is 100 cm³/mol. The van der Waals surface area contributed by atoms with Gasteiger partial charge in [-0.3, -0.25) is 4.79 Å². The lowest BCUT2D eigenvalue weighted by molar-refractivity contribution is -0.115. The van der Waals surface area contributed by atoms with E-state index in [-0.39, 0.29) is 11.3 Å². The Balaban J connectivity index is 1.79. The molecule has 3 rings (SSSR count). The van der Waals surface area contributed by atoms with Crippen molar-refractivity contribution in [2.45, 2.75) is 26.2 Å². The van der Waals surface area contributed by atoms with E-state index in [0.29, 0.717) is 15.9 Å². The average molecular weight is 406 g/mol. The number of benzene rings is 1. The van der Waals surface area contributed by atoms with E-state index in [1.165, 1.54) is 11.8 Å². The fraction of sp³-hybridized carbons (Fsp3) is 0.235. The topological polar surface area (TPSA) is 67.5 Å². The number of amides is 1. The minimum absolute atomic E-state index is 0.135. The summed E-state index contributed by atoms with van der Waals surface area (Å²) in [6.07, 6.45) is 1.83. The van der Waals surface area contributed by atoms with Gasteiger partial charge in [-0.05, 0) is 35.5 Å². The van der Waals surface area contributed by atoms with Crippen LogP contribution in [0.5, 0.6) is 0 Å². The smallest absolute Gasteiger partial charge is 0.264 e. The molecule has 0 unspecified atom stereocenters. The van der Waals surface area contributed by atoms with E-state index < -0.39 is 0 Å². The Labute approximate surface area is 152 Å². The van der Waals surface area contributed by atoms with Gasteiger partial charge in [0.1, 0.15) is 5.76 Å². The fourth-order valence-electron chi connectivity index (χ4n) is 1.97. The Morgan fingerprint density at radius 3 is 2.62 bits per heavy atom. The van der Waals surface area contributed by atoms with E-state index in [9.17, 15) is 4.79 Å². The van der Waals surface area contributed by atoms with Crippen LogP contribution in [0.4, 0.5) is 5.82 Å². The molecule has 1 aromatic carbocycles. The molecule has 1 aliphatic rings. The summed E-state index contributed by atoms with van der Waals surface area (Å²) in [7, 11) is 0. The first-order valence-electron chi connectivity index (χ1n) is 7.33. The van der Waals surface area contributed by atoms with E-state index in [0.717, 1.165) is 15.8 Å². The highest BCUT2D eigenvalue weighted by molar-refractivity contribution is 9.10. The number of thioether (sulfide) groups is 1. The quantitative estimate of drug-likeness (QED) is 0.739. The Morgan fingerprint density at radius 1 is 1.29 bits per heavy atom. The molecule has 7 heteroatoms. The molecule has 2 heterocycles. The zero-order valence-electron chi connectivity index (χ0n) is 13.5. The van der Waals surface area contributed by atoms with Gasteiger partial charge in [0.15, 0.2) is 11.0 Å². The van der Waals surface area contributed by atoms with Gasteiger partial charge in [-0.15, -0.1) is 0 Å². The van der Waals surface area contributed by atoms with Crippen LogP contribution in [0.3, 0.4) is 0 Å². The number of amidine groups is 1. The van der Waals surface area contributed by atoms with Crippen LogP contribution in [-0.4, -0.2) is 16.2 Å². The first kappa shape index (κ1) is 17.0. The van der Waals surface area contributed by atoms with Crippen LogP contribution >= 0.6 is 27.7 Å². The minimum Gasteiger partial charge on any atom is -0.359 e. The van der Waals surface area contributed by atoms with Crippen molar-refractivity contribution >= 4 is 50.7 Å². The summed E-state index contributed by atoms with van der Waals surface area (Å²) in [4.78, 5) is 17.0. The van der Waals surface area contributed by atoms with Gasteiger partial charge in [0.05, 0.1) is 4.91 Å². The van der Waals surface area contributed by atoms with Crippen LogP contribution in [0.1, 0.15) is 32.1 Å². The van der Waals surface area contributed by atoms with Crippen molar-refractivity contribution in [3.8, 4) is 0 Å². The van der Waals surface area contributed by atoms with E-state index in [2.05, 4.69) is 31.4 Å². The molecule has 124 valence electrons. The van der Waals surface area contributed by atoms with Crippen LogP contribution in [-0.2, 0) is 10.2 Å². The molecular formula is C17H16BrN3O2S. The zero-order valence-corrected chi connectivity index (χ0v) is 15.9. The number of nitrogens with zero attached hydrogens (tertiary/aromatic N) is 2. The molecule has 1 amide bonds. The van der Waals surface area contributed by atoms with Crippen molar-refractivity contribution in [2.75, 3.05) is 0 Å².